The number of benzene rings is 1. The molecule has 0 saturated carbocycles. The molecule has 6 nitrogen and oxygen atoms in total. The molecule has 27 heavy (non-hydrogen) atoms. The van der Waals surface area contributed by atoms with Gasteiger partial charge in [-0.15, -0.1) is 0 Å². The molecule has 2 rings (SSSR count). The quantitative estimate of drug-likeness (QED) is 0.704. The highest BCUT2D eigenvalue weighted by Crippen LogP contribution is 2.22. The second-order valence-corrected chi connectivity index (χ2v) is 7.69. The normalized spacial score (nSPS) is 11.3. The summed E-state index contributed by atoms with van der Waals surface area (Å²) < 4.78 is 4.71. The summed E-state index contributed by atoms with van der Waals surface area (Å²) in [4.78, 5) is 26.8. The maximum Gasteiger partial charge on any atom is 0.254 e. The summed E-state index contributed by atoms with van der Waals surface area (Å²) in [7, 11) is 0. The van der Waals surface area contributed by atoms with Crippen molar-refractivity contribution in [2.75, 3.05) is 18.4 Å². The predicted molar refractivity (Wildman–Crippen MR) is 106 cm³/mol. The number of unbranched alkanes of at least 4 members (excludes halogenated alkanes) is 2. The molecule has 0 aliphatic rings. The van der Waals surface area contributed by atoms with Crippen LogP contribution in [0.25, 0.3) is 0 Å². The van der Waals surface area contributed by atoms with Crippen LogP contribution in [0.5, 0.6) is 0 Å². The first kappa shape index (κ1) is 20.7. The van der Waals surface area contributed by atoms with E-state index in [1.807, 2.05) is 24.3 Å². The van der Waals surface area contributed by atoms with Gasteiger partial charge in [0, 0.05) is 18.2 Å². The maximum absolute atomic E-state index is 12.9. The zero-order valence-electron chi connectivity index (χ0n) is 16.6. The number of amides is 2. The van der Waals surface area contributed by atoms with Gasteiger partial charge in [0.15, 0.2) is 5.82 Å². The van der Waals surface area contributed by atoms with E-state index in [0.717, 1.165) is 19.3 Å². The van der Waals surface area contributed by atoms with Crippen molar-refractivity contribution in [2.45, 2.75) is 52.4 Å². The van der Waals surface area contributed by atoms with Crippen molar-refractivity contribution in [3.8, 4) is 0 Å². The molecule has 2 amide bonds. The molecule has 1 heterocycles. The lowest BCUT2D eigenvalue weighted by molar-refractivity contribution is -0.117. The number of carbonyl (C=O) groups is 2. The van der Waals surface area contributed by atoms with Crippen molar-refractivity contribution in [3.05, 3.63) is 47.7 Å². The Balaban J connectivity index is 2.09. The van der Waals surface area contributed by atoms with Crippen LogP contribution < -0.4 is 5.32 Å². The molecule has 1 aromatic heterocycles. The number of hydrogen-bond acceptors (Lipinski definition) is 4. The number of carbonyl (C=O) groups excluding carboxylic acids is 2. The van der Waals surface area contributed by atoms with Crippen LogP contribution in [0.1, 0.15) is 62.9 Å². The van der Waals surface area contributed by atoms with Crippen LogP contribution in [0.4, 0.5) is 5.82 Å². The molecule has 0 aliphatic carbocycles. The minimum Gasteiger partial charge on any atom is -0.363 e. The molecule has 0 aliphatic heterocycles. The summed E-state index contributed by atoms with van der Waals surface area (Å²) in [6.07, 6.45) is 4.31. The molecule has 0 saturated heterocycles. The zero-order valence-corrected chi connectivity index (χ0v) is 16.6. The van der Waals surface area contributed by atoms with E-state index in [4.69, 9.17) is 4.52 Å². The van der Waals surface area contributed by atoms with E-state index in [2.05, 4.69) is 38.2 Å². The number of hydrogen-bond donors (Lipinski definition) is 1. The Morgan fingerprint density at radius 2 is 1.81 bits per heavy atom. The zero-order chi connectivity index (χ0) is 19.9. The highest BCUT2D eigenvalue weighted by atomic mass is 16.5. The number of aromatic nitrogens is 1. The fourth-order valence-corrected chi connectivity index (χ4v) is 2.73. The fourth-order valence-electron chi connectivity index (χ4n) is 2.73. The average Bonchev–Trinajstić information content (AvgIpc) is 3.12. The van der Waals surface area contributed by atoms with Crippen LogP contribution in [0, 0.1) is 0 Å². The SMILES string of the molecule is CCCCCN(CC(=O)Nc1ccon1)C(=O)c1ccc(C(C)(C)C)cc1. The van der Waals surface area contributed by atoms with Crippen LogP contribution in [-0.2, 0) is 10.2 Å². The van der Waals surface area contributed by atoms with Gasteiger partial charge in [-0.2, -0.15) is 0 Å². The third-order valence-corrected chi connectivity index (χ3v) is 4.36. The van der Waals surface area contributed by atoms with Gasteiger partial charge in [-0.05, 0) is 29.5 Å². The van der Waals surface area contributed by atoms with Crippen molar-refractivity contribution < 1.29 is 14.1 Å². The molecule has 0 atom stereocenters. The number of nitrogens with one attached hydrogen (secondary N) is 1. The van der Waals surface area contributed by atoms with Gasteiger partial charge in [-0.25, -0.2) is 0 Å². The molecule has 2 aromatic rings. The first-order valence-electron chi connectivity index (χ1n) is 9.41. The van der Waals surface area contributed by atoms with Gasteiger partial charge in [0.2, 0.25) is 5.91 Å². The second-order valence-electron chi connectivity index (χ2n) is 7.69. The van der Waals surface area contributed by atoms with Crippen molar-refractivity contribution in [3.63, 3.8) is 0 Å². The molecule has 0 radical (unpaired) electrons. The molecule has 0 unspecified atom stereocenters. The largest absolute Gasteiger partial charge is 0.363 e. The number of rotatable bonds is 8. The van der Waals surface area contributed by atoms with Crippen LogP contribution in [0.15, 0.2) is 41.1 Å². The summed E-state index contributed by atoms with van der Waals surface area (Å²) in [5.74, 6) is -0.0857. The minimum atomic E-state index is -0.292. The van der Waals surface area contributed by atoms with Crippen LogP contribution in [-0.4, -0.2) is 35.0 Å². The molecule has 0 spiro atoms. The average molecular weight is 371 g/mol. The Morgan fingerprint density at radius 1 is 1.11 bits per heavy atom. The van der Waals surface area contributed by atoms with Gasteiger partial charge in [-0.3, -0.25) is 9.59 Å². The third-order valence-electron chi connectivity index (χ3n) is 4.36. The van der Waals surface area contributed by atoms with E-state index < -0.39 is 0 Å². The summed E-state index contributed by atoms with van der Waals surface area (Å²) >= 11 is 0. The van der Waals surface area contributed by atoms with Gasteiger partial charge in [0.25, 0.3) is 5.91 Å². The van der Waals surface area contributed by atoms with Crippen LogP contribution in [0.3, 0.4) is 0 Å². The van der Waals surface area contributed by atoms with E-state index in [1.54, 1.807) is 11.0 Å². The van der Waals surface area contributed by atoms with Gasteiger partial charge in [-0.1, -0.05) is 57.8 Å². The Hall–Kier alpha value is -2.63. The van der Waals surface area contributed by atoms with Crippen molar-refractivity contribution in [2.24, 2.45) is 0 Å². The van der Waals surface area contributed by atoms with Gasteiger partial charge < -0.3 is 14.7 Å². The lowest BCUT2D eigenvalue weighted by Gasteiger charge is -2.23. The Bertz CT molecular complexity index is 731. The van der Waals surface area contributed by atoms with E-state index in [9.17, 15) is 9.59 Å². The van der Waals surface area contributed by atoms with Crippen molar-refractivity contribution in [1.29, 1.82) is 0 Å². The van der Waals surface area contributed by atoms with E-state index in [-0.39, 0.29) is 23.8 Å². The summed E-state index contributed by atoms with van der Waals surface area (Å²) in [5, 5.41) is 6.30. The summed E-state index contributed by atoms with van der Waals surface area (Å²) in [5.41, 5.74) is 1.79. The molecule has 1 aromatic carbocycles. The van der Waals surface area contributed by atoms with E-state index in [1.165, 1.54) is 11.8 Å². The second kappa shape index (κ2) is 9.35. The highest BCUT2D eigenvalue weighted by Gasteiger charge is 2.20. The fraction of sp³-hybridized carbons (Fsp3) is 0.476. The number of nitrogens with zero attached hydrogens (tertiary/aromatic N) is 2. The van der Waals surface area contributed by atoms with Gasteiger partial charge in [0.05, 0.1) is 0 Å². The first-order valence-corrected chi connectivity index (χ1v) is 9.41. The molecule has 1 N–H and O–H groups in total. The Labute approximate surface area is 160 Å². The minimum absolute atomic E-state index is 0.0174. The highest BCUT2D eigenvalue weighted by molar-refractivity contribution is 5.99. The van der Waals surface area contributed by atoms with Crippen LogP contribution >= 0.6 is 0 Å². The monoisotopic (exact) mass is 371 g/mol. The van der Waals surface area contributed by atoms with Crippen molar-refractivity contribution in [1.82, 2.24) is 10.1 Å². The van der Waals surface area contributed by atoms with Crippen LogP contribution in [0.2, 0.25) is 0 Å². The summed E-state index contributed by atoms with van der Waals surface area (Å²) in [6, 6.07) is 9.20. The Morgan fingerprint density at radius 3 is 2.37 bits per heavy atom. The molecule has 0 bridgehead atoms. The van der Waals surface area contributed by atoms with Gasteiger partial charge >= 0.3 is 0 Å². The summed E-state index contributed by atoms with van der Waals surface area (Å²) in [6.45, 7) is 9.03. The first-order chi connectivity index (χ1) is 12.8. The predicted octanol–water partition coefficient (Wildman–Crippen LogP) is 4.24. The number of anilines is 1. The lowest BCUT2D eigenvalue weighted by Crippen LogP contribution is -2.38. The molecule has 6 heteroatoms. The van der Waals surface area contributed by atoms with Crippen molar-refractivity contribution >= 4 is 17.6 Å². The standard InChI is InChI=1S/C21H29N3O3/c1-5-6-7-13-24(15-19(25)22-18-12-14-27-23-18)20(26)16-8-10-17(11-9-16)21(2,3)4/h8-12,14H,5-7,13,15H2,1-4H3,(H,22,23,25). The molecular weight excluding hydrogens is 342 g/mol. The molecule has 146 valence electrons. The van der Waals surface area contributed by atoms with E-state index >= 15 is 0 Å². The lowest BCUT2D eigenvalue weighted by atomic mass is 9.86. The smallest absolute Gasteiger partial charge is 0.254 e. The van der Waals surface area contributed by atoms with Gasteiger partial charge in [0.1, 0.15) is 12.8 Å². The molecular formula is C21H29N3O3. The topological polar surface area (TPSA) is 75.4 Å². The van der Waals surface area contributed by atoms with E-state index in [0.29, 0.717) is 17.9 Å². The third kappa shape index (κ3) is 6.24. The Kier molecular flexibility index (Phi) is 7.16. The maximum atomic E-state index is 12.9. The molecule has 0 fully saturated rings.